The number of piperidine rings is 1. The lowest BCUT2D eigenvalue weighted by atomic mass is 9.96. The predicted octanol–water partition coefficient (Wildman–Crippen LogP) is 2.52. The Bertz CT molecular complexity index is 753. The van der Waals surface area contributed by atoms with Gasteiger partial charge in [0.2, 0.25) is 5.78 Å². The maximum atomic E-state index is 13.2. The van der Waals surface area contributed by atoms with E-state index in [1.807, 2.05) is 32.2 Å². The molecule has 1 aliphatic rings. The molecule has 1 aromatic carbocycles. The van der Waals surface area contributed by atoms with Gasteiger partial charge < -0.3 is 14.2 Å². The van der Waals surface area contributed by atoms with Gasteiger partial charge in [0, 0.05) is 23.6 Å². The molecule has 2 aromatic rings. The average molecular weight is 329 g/mol. The van der Waals surface area contributed by atoms with Crippen molar-refractivity contribution in [1.82, 2.24) is 4.57 Å². The number of likely N-dealkylation sites (tertiary alicyclic amines) is 1. The zero-order valence-electron chi connectivity index (χ0n) is 15.5. The van der Waals surface area contributed by atoms with Crippen molar-refractivity contribution < 1.29 is 14.4 Å². The molecule has 0 saturated carbocycles. The van der Waals surface area contributed by atoms with Crippen LogP contribution >= 0.6 is 0 Å². The first kappa shape index (κ1) is 17.0. The van der Waals surface area contributed by atoms with Crippen LogP contribution < -0.4 is 9.64 Å². The number of quaternary nitrogens is 1. The number of Topliss-reactive ketones (excluding diaryl/α,β-unsaturated/α-hetero) is 1. The topological polar surface area (TPSA) is 35.7 Å². The third kappa shape index (κ3) is 2.84. The number of nitrogens with zero attached hydrogens (tertiary/aromatic N) is 1. The average Bonchev–Trinajstić information content (AvgIpc) is 2.81. The summed E-state index contributed by atoms with van der Waals surface area (Å²) in [5.74, 6) is 1.05. The number of ether oxygens (including phenoxy) is 1. The fourth-order valence-electron chi connectivity index (χ4n) is 4.24. The van der Waals surface area contributed by atoms with Gasteiger partial charge in [-0.05, 0) is 58.2 Å². The first-order valence-electron chi connectivity index (χ1n) is 8.95. The Kier molecular flexibility index (Phi) is 4.68. The second-order valence-electron chi connectivity index (χ2n) is 7.31. The summed E-state index contributed by atoms with van der Waals surface area (Å²) in [5.41, 5.74) is 3.00. The summed E-state index contributed by atoms with van der Waals surface area (Å²) in [7, 11) is 3.69. The highest BCUT2D eigenvalue weighted by Gasteiger charge is 2.32. The van der Waals surface area contributed by atoms with Crippen LogP contribution in [0.15, 0.2) is 18.2 Å². The van der Waals surface area contributed by atoms with E-state index < -0.39 is 0 Å². The molecule has 2 atom stereocenters. The molecule has 1 aliphatic heterocycles. The number of hydrogen-bond acceptors (Lipinski definition) is 2. The van der Waals surface area contributed by atoms with Crippen LogP contribution in [0.2, 0.25) is 0 Å². The van der Waals surface area contributed by atoms with Gasteiger partial charge in [-0.25, -0.2) is 0 Å². The van der Waals surface area contributed by atoms with E-state index in [4.69, 9.17) is 4.74 Å². The summed E-state index contributed by atoms with van der Waals surface area (Å²) < 4.78 is 7.48. The number of hydrogen-bond donors (Lipinski definition) is 1. The Labute approximate surface area is 144 Å². The normalized spacial score (nSPS) is 22.0. The molecule has 4 heteroatoms. The Balaban J connectivity index is 1.98. The van der Waals surface area contributed by atoms with Crippen LogP contribution in [0, 0.1) is 6.92 Å². The lowest BCUT2D eigenvalue weighted by Gasteiger charge is -2.35. The van der Waals surface area contributed by atoms with Crippen LogP contribution in [-0.2, 0) is 7.05 Å². The first-order valence-corrected chi connectivity index (χ1v) is 8.95. The summed E-state index contributed by atoms with van der Waals surface area (Å²) in [6.07, 6.45) is 3.72. The summed E-state index contributed by atoms with van der Waals surface area (Å²) in [4.78, 5) is 14.6. The van der Waals surface area contributed by atoms with Gasteiger partial charge in [-0.2, -0.15) is 0 Å². The molecule has 0 radical (unpaired) electrons. The van der Waals surface area contributed by atoms with Crippen molar-refractivity contribution in [3.8, 4) is 5.75 Å². The smallest absolute Gasteiger partial charge is 0.219 e. The highest BCUT2D eigenvalue weighted by atomic mass is 16.5. The number of carbonyl (C=O) groups excluding carboxylic acids is 1. The fraction of sp³-hybridized carbons (Fsp3) is 0.550. The number of carbonyl (C=O) groups is 1. The number of aromatic nitrogens is 1. The van der Waals surface area contributed by atoms with Crippen molar-refractivity contribution >= 4 is 16.7 Å². The Hall–Kier alpha value is -1.81. The lowest BCUT2D eigenvalue weighted by Crippen LogP contribution is -3.20. The zero-order chi connectivity index (χ0) is 17.4. The van der Waals surface area contributed by atoms with Crippen molar-refractivity contribution in [1.29, 1.82) is 0 Å². The second-order valence-corrected chi connectivity index (χ2v) is 7.31. The maximum absolute atomic E-state index is 13.2. The third-order valence-electron chi connectivity index (χ3n) is 5.88. The molecule has 2 heterocycles. The number of methoxy groups -OCH3 is 1. The van der Waals surface area contributed by atoms with Crippen molar-refractivity contribution in [3.63, 3.8) is 0 Å². The van der Waals surface area contributed by atoms with Crippen LogP contribution in [0.3, 0.4) is 0 Å². The Morgan fingerprint density at radius 3 is 2.58 bits per heavy atom. The van der Waals surface area contributed by atoms with Gasteiger partial charge in [-0.15, -0.1) is 0 Å². The maximum Gasteiger partial charge on any atom is 0.219 e. The molecule has 4 nitrogen and oxygen atoms in total. The summed E-state index contributed by atoms with van der Waals surface area (Å²) >= 11 is 0. The van der Waals surface area contributed by atoms with Crippen molar-refractivity contribution in [2.75, 3.05) is 13.7 Å². The van der Waals surface area contributed by atoms with E-state index in [1.54, 1.807) is 7.11 Å². The number of rotatable bonds is 4. The monoisotopic (exact) mass is 329 g/mol. The van der Waals surface area contributed by atoms with E-state index in [0.29, 0.717) is 18.6 Å². The van der Waals surface area contributed by atoms with Crippen LogP contribution in [0.1, 0.15) is 49.2 Å². The lowest BCUT2D eigenvalue weighted by molar-refractivity contribution is -0.943. The van der Waals surface area contributed by atoms with Gasteiger partial charge in [0.1, 0.15) is 12.3 Å². The summed E-state index contributed by atoms with van der Waals surface area (Å²) in [6.45, 7) is 7.17. The molecule has 130 valence electrons. The largest absolute Gasteiger partial charge is 0.497 e. The molecule has 24 heavy (non-hydrogen) atoms. The molecule has 0 aliphatic carbocycles. The molecular weight excluding hydrogens is 300 g/mol. The van der Waals surface area contributed by atoms with Gasteiger partial charge in [-0.3, -0.25) is 4.79 Å². The SMILES string of the molecule is COc1ccc2c(c1)c(C(=O)C[NH+]1[C@H](C)CCC[C@H]1C)c(C)n2C. The van der Waals surface area contributed by atoms with Crippen LogP contribution in [-0.4, -0.2) is 36.1 Å². The van der Waals surface area contributed by atoms with Crippen LogP contribution in [0.5, 0.6) is 5.75 Å². The third-order valence-corrected chi connectivity index (χ3v) is 5.88. The molecule has 0 bridgehead atoms. The molecular formula is C20H29N2O2+. The minimum Gasteiger partial charge on any atom is -0.497 e. The number of fused-ring (bicyclic) bond motifs is 1. The molecule has 1 fully saturated rings. The zero-order valence-corrected chi connectivity index (χ0v) is 15.5. The molecule has 0 unspecified atom stereocenters. The van der Waals surface area contributed by atoms with Gasteiger partial charge >= 0.3 is 0 Å². The number of ketones is 1. The van der Waals surface area contributed by atoms with Crippen molar-refractivity contribution in [2.45, 2.75) is 52.1 Å². The first-order chi connectivity index (χ1) is 11.4. The van der Waals surface area contributed by atoms with Gasteiger partial charge in [-0.1, -0.05) is 0 Å². The molecule has 0 spiro atoms. The molecule has 3 rings (SSSR count). The van der Waals surface area contributed by atoms with Gasteiger partial charge in [0.05, 0.1) is 24.8 Å². The highest BCUT2D eigenvalue weighted by Crippen LogP contribution is 2.28. The Morgan fingerprint density at radius 2 is 1.96 bits per heavy atom. The fourth-order valence-corrected chi connectivity index (χ4v) is 4.24. The predicted molar refractivity (Wildman–Crippen MR) is 97.1 cm³/mol. The van der Waals surface area contributed by atoms with Crippen molar-refractivity contribution in [2.24, 2.45) is 7.05 Å². The van der Waals surface area contributed by atoms with Crippen LogP contribution in [0.4, 0.5) is 0 Å². The number of nitrogens with one attached hydrogen (secondary N) is 1. The molecule has 1 aromatic heterocycles. The van der Waals surface area contributed by atoms with E-state index in [0.717, 1.165) is 27.9 Å². The van der Waals surface area contributed by atoms with E-state index >= 15 is 0 Å². The van der Waals surface area contributed by atoms with E-state index in [1.165, 1.54) is 24.2 Å². The van der Waals surface area contributed by atoms with Gasteiger partial charge in [0.25, 0.3) is 0 Å². The van der Waals surface area contributed by atoms with E-state index in [9.17, 15) is 4.79 Å². The van der Waals surface area contributed by atoms with Crippen LogP contribution in [0.25, 0.3) is 10.9 Å². The van der Waals surface area contributed by atoms with Gasteiger partial charge in [0.15, 0.2) is 0 Å². The van der Waals surface area contributed by atoms with E-state index in [-0.39, 0.29) is 5.78 Å². The number of aryl methyl sites for hydroxylation is 1. The van der Waals surface area contributed by atoms with E-state index in [2.05, 4.69) is 18.4 Å². The number of benzene rings is 1. The quantitative estimate of drug-likeness (QED) is 0.875. The van der Waals surface area contributed by atoms with Crippen molar-refractivity contribution in [3.05, 3.63) is 29.5 Å². The Morgan fingerprint density at radius 1 is 1.29 bits per heavy atom. The molecule has 0 amide bonds. The minimum atomic E-state index is 0.252. The summed E-state index contributed by atoms with van der Waals surface area (Å²) in [6, 6.07) is 7.10. The minimum absolute atomic E-state index is 0.252. The molecule has 1 saturated heterocycles. The molecule has 1 N–H and O–H groups in total. The summed E-state index contributed by atoms with van der Waals surface area (Å²) in [5, 5.41) is 1.01. The standard InChI is InChI=1S/C20H28N2O2/c1-13-7-6-8-14(2)22(13)12-19(23)20-15(3)21(4)18-10-9-16(24-5)11-17(18)20/h9-11,13-14H,6-8,12H2,1-5H3/p+1/t13-,14-/m1/s1. The highest BCUT2D eigenvalue weighted by molar-refractivity contribution is 6.10. The second kappa shape index (κ2) is 6.60.